The number of halogens is 3. The molecule has 0 spiro atoms. The lowest BCUT2D eigenvalue weighted by Gasteiger charge is -2.14. The number of benzene rings is 1. The van der Waals surface area contributed by atoms with Crippen molar-refractivity contribution in [3.63, 3.8) is 0 Å². The van der Waals surface area contributed by atoms with Gasteiger partial charge in [-0.15, -0.1) is 0 Å². The lowest BCUT2D eigenvalue weighted by molar-refractivity contribution is -0.139. The van der Waals surface area contributed by atoms with Gasteiger partial charge in [0.05, 0.1) is 17.7 Å². The average Bonchev–Trinajstić information content (AvgIpc) is 2.52. The topological polar surface area (TPSA) is 46.5 Å². The Kier molecular flexibility index (Phi) is 6.55. The molecule has 0 aromatic heterocycles. The number of unbranched alkanes of at least 4 members (excludes halogenated alkanes) is 5. The summed E-state index contributed by atoms with van der Waals surface area (Å²) in [4.78, 5) is 11.2. The molecule has 0 radical (unpaired) electrons. The Bertz CT molecular complexity index is 504. The van der Waals surface area contributed by atoms with E-state index in [-0.39, 0.29) is 17.9 Å². The molecule has 0 heterocycles. The number of rotatable bonds is 9. The third kappa shape index (κ3) is 5.95. The third-order valence-corrected chi connectivity index (χ3v) is 3.28. The summed E-state index contributed by atoms with van der Waals surface area (Å²) in [6.07, 6.45) is 1.40. The Balaban J connectivity index is 2.65. The molecule has 0 aliphatic rings. The highest BCUT2D eigenvalue weighted by molar-refractivity contribution is 5.88. The molecule has 0 fully saturated rings. The van der Waals surface area contributed by atoms with Gasteiger partial charge in [-0.3, -0.25) is 0 Å². The van der Waals surface area contributed by atoms with Crippen LogP contribution >= 0.6 is 0 Å². The predicted octanol–water partition coefficient (Wildman–Crippen LogP) is 5.14. The number of carbonyl (C=O) groups is 1. The number of hydrogen-bond acceptors (Lipinski definition) is 3. The van der Waals surface area contributed by atoms with Crippen LogP contribution in [0.3, 0.4) is 0 Å². The van der Waals surface area contributed by atoms with Crippen LogP contribution in [-0.2, 0) is 6.18 Å². The van der Waals surface area contributed by atoms with Gasteiger partial charge in [-0.05, 0) is 24.6 Å². The van der Waals surface area contributed by atoms with Crippen molar-refractivity contribution in [2.24, 2.45) is 0 Å². The number of ether oxygens (including phenoxy) is 1. The molecule has 0 amide bonds. The van der Waals surface area contributed by atoms with Crippen LogP contribution in [0.25, 0.3) is 1.43 Å². The van der Waals surface area contributed by atoms with Crippen LogP contribution in [-0.4, -0.2) is 17.7 Å². The molecule has 1 rings (SSSR count). The minimum atomic E-state index is -4.64. The maximum Gasteiger partial charge on any atom is 0.419 e. The molecule has 6 heteroatoms. The lowest BCUT2D eigenvalue weighted by Crippen LogP contribution is -2.11. The second kappa shape index (κ2) is 8.66. The van der Waals surface area contributed by atoms with Gasteiger partial charge >= 0.3 is 12.1 Å². The third-order valence-electron chi connectivity index (χ3n) is 3.28. The minimum Gasteiger partial charge on any atom is -0.493 e. The Morgan fingerprint density at radius 2 is 1.91 bits per heavy atom. The zero-order valence-electron chi connectivity index (χ0n) is 13.5. The van der Waals surface area contributed by atoms with Crippen LogP contribution in [0.5, 0.6) is 5.75 Å². The summed E-state index contributed by atoms with van der Waals surface area (Å²) in [6, 6.07) is 2.89. The van der Waals surface area contributed by atoms with Gasteiger partial charge in [0.1, 0.15) is 5.75 Å². The Morgan fingerprint density at radius 1 is 1.23 bits per heavy atom. The van der Waals surface area contributed by atoms with E-state index in [0.29, 0.717) is 12.5 Å². The Morgan fingerprint density at radius 3 is 2.55 bits per heavy atom. The van der Waals surface area contributed by atoms with Crippen LogP contribution in [0, 0.1) is 0 Å². The number of hydrogen-bond donors (Lipinski definition) is 1. The van der Waals surface area contributed by atoms with Gasteiger partial charge < -0.3 is 9.85 Å². The molecule has 1 aromatic carbocycles. The van der Waals surface area contributed by atoms with E-state index in [1.807, 2.05) is 0 Å². The van der Waals surface area contributed by atoms with Gasteiger partial charge in [0.25, 0.3) is 1.43 Å². The molecule has 0 unspecified atom stereocenters. The molecule has 0 saturated carbocycles. The van der Waals surface area contributed by atoms with Crippen molar-refractivity contribution in [1.29, 1.82) is 1.43 Å². The summed E-state index contributed by atoms with van der Waals surface area (Å²) in [7, 11) is 0. The standard InChI is InChI=1S/C16H21F3O3/c1-2-3-4-5-6-7-10-22-14-9-8-12(15(20)21)11-13(14)16(17,18)19/h8-9,11H,2-7,10H2,1H3,(H,20,21)/i/hD. The van der Waals surface area contributed by atoms with Gasteiger partial charge in [0.2, 0.25) is 0 Å². The molecular weight excluding hydrogens is 297 g/mol. The van der Waals surface area contributed by atoms with Gasteiger partial charge in [-0.2, -0.15) is 13.2 Å². The first-order chi connectivity index (χ1) is 10.9. The second-order valence-corrected chi connectivity index (χ2v) is 5.11. The van der Waals surface area contributed by atoms with Crippen molar-refractivity contribution in [1.82, 2.24) is 0 Å². The molecule has 1 aromatic rings. The molecule has 0 atom stereocenters. The van der Waals surface area contributed by atoms with E-state index in [1.54, 1.807) is 0 Å². The van der Waals surface area contributed by atoms with Gasteiger partial charge in [0.15, 0.2) is 0 Å². The fraction of sp³-hybridized carbons (Fsp3) is 0.562. The first-order valence-electron chi connectivity index (χ1n) is 7.82. The average molecular weight is 319 g/mol. The molecule has 0 saturated heterocycles. The molecule has 1 N–H and O–H groups in total. The summed E-state index contributed by atoms with van der Waals surface area (Å²) < 4.78 is 50.8. The van der Waals surface area contributed by atoms with Crippen LogP contribution < -0.4 is 4.74 Å². The van der Waals surface area contributed by atoms with E-state index in [9.17, 15) is 18.0 Å². The van der Waals surface area contributed by atoms with Gasteiger partial charge in [0, 0.05) is 0 Å². The van der Waals surface area contributed by atoms with Crippen LogP contribution in [0.2, 0.25) is 0 Å². The molecule has 0 aliphatic heterocycles. The lowest BCUT2D eigenvalue weighted by atomic mass is 10.1. The second-order valence-electron chi connectivity index (χ2n) is 5.11. The number of alkyl halides is 3. The summed E-state index contributed by atoms with van der Waals surface area (Å²) in [5.41, 5.74) is -1.37. The molecule has 0 aliphatic carbocycles. The van der Waals surface area contributed by atoms with Gasteiger partial charge in [-0.1, -0.05) is 39.0 Å². The van der Waals surface area contributed by atoms with Crippen molar-refractivity contribution < 1.29 is 27.8 Å². The SMILES string of the molecule is [2H]OC(=O)c1ccc(OCCCCCCCC)c(C(F)(F)F)c1. The first kappa shape index (κ1) is 16.6. The van der Waals surface area contributed by atoms with Crippen LogP contribution in [0.4, 0.5) is 13.2 Å². The number of carboxylic acids is 1. The fourth-order valence-electron chi connectivity index (χ4n) is 2.07. The Hall–Kier alpha value is -1.72. The highest BCUT2D eigenvalue weighted by atomic mass is 19.4. The molecule has 124 valence electrons. The highest BCUT2D eigenvalue weighted by Crippen LogP contribution is 2.37. The number of aromatic carboxylic acids is 1. The first-order valence-corrected chi connectivity index (χ1v) is 7.41. The zero-order valence-corrected chi connectivity index (χ0v) is 12.5. The van der Waals surface area contributed by atoms with E-state index >= 15 is 0 Å². The van der Waals surface area contributed by atoms with Crippen molar-refractivity contribution in [2.75, 3.05) is 6.61 Å². The summed E-state index contributed by atoms with van der Waals surface area (Å²) in [5.74, 6) is -1.45. The summed E-state index contributed by atoms with van der Waals surface area (Å²) in [6.45, 7) is 2.30. The minimum absolute atomic E-state index is 0.192. The normalized spacial score (nSPS) is 11.9. The van der Waals surface area contributed by atoms with Crippen LogP contribution in [0.1, 0.15) is 61.4 Å². The largest absolute Gasteiger partial charge is 0.493 e. The van der Waals surface area contributed by atoms with E-state index < -0.39 is 17.7 Å². The van der Waals surface area contributed by atoms with Crippen molar-refractivity contribution >= 4 is 5.97 Å². The van der Waals surface area contributed by atoms with E-state index in [1.165, 1.54) is 0 Å². The molecule has 22 heavy (non-hydrogen) atoms. The van der Waals surface area contributed by atoms with Crippen LogP contribution in [0.15, 0.2) is 18.2 Å². The van der Waals surface area contributed by atoms with Crippen molar-refractivity contribution in [2.45, 2.75) is 51.6 Å². The van der Waals surface area contributed by atoms with Gasteiger partial charge in [-0.25, -0.2) is 4.79 Å². The van der Waals surface area contributed by atoms with E-state index in [2.05, 4.69) is 12.0 Å². The highest BCUT2D eigenvalue weighted by Gasteiger charge is 2.35. The fourth-order valence-corrected chi connectivity index (χ4v) is 2.07. The van der Waals surface area contributed by atoms with E-state index in [4.69, 9.17) is 6.17 Å². The molecular formula is C16H21F3O3. The summed E-state index contributed by atoms with van der Waals surface area (Å²) >= 11 is 0. The molecule has 0 bridgehead atoms. The monoisotopic (exact) mass is 319 g/mol. The Labute approximate surface area is 129 Å². The molecule has 3 nitrogen and oxygen atoms in total. The predicted molar refractivity (Wildman–Crippen MR) is 77.3 cm³/mol. The smallest absolute Gasteiger partial charge is 0.419 e. The summed E-state index contributed by atoms with van der Waals surface area (Å²) in [5, 5.41) is 3.69. The van der Waals surface area contributed by atoms with Crippen molar-refractivity contribution in [3.05, 3.63) is 29.3 Å². The maximum atomic E-state index is 13.0. The van der Waals surface area contributed by atoms with Crippen molar-refractivity contribution in [3.8, 4) is 5.75 Å². The van der Waals surface area contributed by atoms with E-state index in [0.717, 1.165) is 44.2 Å². The zero-order chi connectivity index (χ0) is 17.3. The maximum absolute atomic E-state index is 13.0. The number of carboxylic acid groups (broad SMARTS) is 1. The quantitative estimate of drug-likeness (QED) is 0.641.